The molecule has 1 aromatic heterocycles. The number of phenols is 1. The van der Waals surface area contributed by atoms with Gasteiger partial charge in [0.25, 0.3) is 0 Å². The van der Waals surface area contributed by atoms with Crippen molar-refractivity contribution in [3.8, 4) is 5.75 Å². The Morgan fingerprint density at radius 3 is 2.50 bits per heavy atom. The van der Waals surface area contributed by atoms with E-state index in [0.29, 0.717) is 29.2 Å². The number of hydrogen-bond donors (Lipinski definition) is 1. The molecule has 164 valence electrons. The Balaban J connectivity index is 1.92. The molecular formula is C24H33BrN2O3. The zero-order valence-corrected chi connectivity index (χ0v) is 19.8. The fourth-order valence-electron chi connectivity index (χ4n) is 5.39. The lowest BCUT2D eigenvalue weighted by atomic mass is 9.95. The van der Waals surface area contributed by atoms with Gasteiger partial charge in [-0.15, -0.1) is 0 Å². The van der Waals surface area contributed by atoms with Crippen molar-refractivity contribution < 1.29 is 14.6 Å². The van der Waals surface area contributed by atoms with Crippen molar-refractivity contribution in [2.24, 2.45) is 0 Å². The summed E-state index contributed by atoms with van der Waals surface area (Å²) in [5.74, 6) is -0.0319. The van der Waals surface area contributed by atoms with E-state index >= 15 is 0 Å². The highest BCUT2D eigenvalue weighted by Crippen LogP contribution is 2.43. The number of phenolic OH excluding ortho intramolecular Hbond substituents is 1. The molecule has 1 saturated carbocycles. The number of aromatic nitrogens is 1. The predicted octanol–water partition coefficient (Wildman–Crippen LogP) is 6.09. The number of nitrogens with zero attached hydrogens (tertiary/aromatic N) is 2. The molecule has 0 amide bonds. The third-order valence-corrected chi connectivity index (χ3v) is 7.42. The lowest BCUT2D eigenvalue weighted by Gasteiger charge is -2.28. The number of aromatic hydroxyl groups is 1. The third-order valence-electron chi connectivity index (χ3n) is 6.82. The molecule has 1 saturated heterocycles. The molecule has 0 unspecified atom stereocenters. The molecule has 1 aliphatic carbocycles. The topological polar surface area (TPSA) is 54.7 Å². The summed E-state index contributed by atoms with van der Waals surface area (Å²) >= 11 is 3.59. The fourth-order valence-corrected chi connectivity index (χ4v) is 5.84. The first-order valence-electron chi connectivity index (χ1n) is 11.5. The Hall–Kier alpha value is -1.53. The van der Waals surface area contributed by atoms with Crippen molar-refractivity contribution in [3.63, 3.8) is 0 Å². The second kappa shape index (κ2) is 9.31. The van der Waals surface area contributed by atoms with Crippen molar-refractivity contribution in [1.29, 1.82) is 0 Å². The standard InChI is InChI=1S/C24H33BrN2O3/c1-3-30-24(29)21-16(2)27(17-10-6-4-7-11-17)20-14-19(25)23(28)18(22(20)21)15-26-12-8-5-9-13-26/h14,17,28H,3-13,15H2,1-2H3. The number of ether oxygens (including phenoxy) is 1. The number of piperidine rings is 1. The summed E-state index contributed by atoms with van der Waals surface area (Å²) < 4.78 is 8.53. The van der Waals surface area contributed by atoms with Gasteiger partial charge in [0.1, 0.15) is 5.75 Å². The number of fused-ring (bicyclic) bond motifs is 1. The van der Waals surface area contributed by atoms with Crippen molar-refractivity contribution in [2.45, 2.75) is 77.8 Å². The van der Waals surface area contributed by atoms with Gasteiger partial charge in [-0.1, -0.05) is 25.7 Å². The van der Waals surface area contributed by atoms with Crippen LogP contribution in [-0.4, -0.2) is 40.2 Å². The number of esters is 1. The van der Waals surface area contributed by atoms with E-state index in [1.165, 1.54) is 38.5 Å². The first kappa shape index (κ1) is 21.7. The predicted molar refractivity (Wildman–Crippen MR) is 123 cm³/mol. The Morgan fingerprint density at radius 2 is 1.83 bits per heavy atom. The van der Waals surface area contributed by atoms with Crippen LogP contribution >= 0.6 is 15.9 Å². The summed E-state index contributed by atoms with van der Waals surface area (Å²) in [6.07, 6.45) is 9.62. The molecule has 0 radical (unpaired) electrons. The number of carbonyl (C=O) groups is 1. The number of rotatable bonds is 5. The van der Waals surface area contributed by atoms with Crippen LogP contribution in [0, 0.1) is 6.92 Å². The van der Waals surface area contributed by atoms with Crippen molar-refractivity contribution in [1.82, 2.24) is 9.47 Å². The van der Waals surface area contributed by atoms with Crippen LogP contribution in [-0.2, 0) is 11.3 Å². The van der Waals surface area contributed by atoms with Crippen LogP contribution in [0.25, 0.3) is 10.9 Å². The van der Waals surface area contributed by atoms with Gasteiger partial charge in [0.15, 0.2) is 0 Å². The Labute approximate surface area is 187 Å². The number of hydrogen-bond acceptors (Lipinski definition) is 4. The van der Waals surface area contributed by atoms with Crippen LogP contribution in [0.5, 0.6) is 5.75 Å². The molecular weight excluding hydrogens is 444 g/mol. The first-order valence-corrected chi connectivity index (χ1v) is 12.3. The molecule has 0 spiro atoms. The SMILES string of the molecule is CCOC(=O)c1c(C)n(C2CCCCC2)c2cc(Br)c(O)c(CN3CCCCC3)c12. The number of likely N-dealkylation sites (tertiary alicyclic amines) is 1. The van der Waals surface area contributed by atoms with Gasteiger partial charge in [0.05, 0.1) is 22.2 Å². The minimum absolute atomic E-state index is 0.249. The van der Waals surface area contributed by atoms with Crippen molar-refractivity contribution in [2.75, 3.05) is 19.7 Å². The molecule has 30 heavy (non-hydrogen) atoms. The summed E-state index contributed by atoms with van der Waals surface area (Å²) in [7, 11) is 0. The molecule has 0 atom stereocenters. The van der Waals surface area contributed by atoms with E-state index in [9.17, 15) is 9.90 Å². The molecule has 1 aliphatic heterocycles. The molecule has 2 aromatic rings. The van der Waals surface area contributed by atoms with E-state index in [2.05, 4.69) is 25.4 Å². The Morgan fingerprint density at radius 1 is 1.17 bits per heavy atom. The van der Waals surface area contributed by atoms with Gasteiger partial charge in [0.2, 0.25) is 0 Å². The van der Waals surface area contributed by atoms with Gasteiger partial charge in [-0.05, 0) is 74.6 Å². The zero-order valence-electron chi connectivity index (χ0n) is 18.2. The molecule has 2 heterocycles. The summed E-state index contributed by atoms with van der Waals surface area (Å²) in [5.41, 5.74) is 3.49. The first-order chi connectivity index (χ1) is 14.5. The molecule has 5 nitrogen and oxygen atoms in total. The largest absolute Gasteiger partial charge is 0.506 e. The van der Waals surface area contributed by atoms with E-state index in [1.807, 2.05) is 19.9 Å². The summed E-state index contributed by atoms with van der Waals surface area (Å²) in [6.45, 7) is 6.95. The van der Waals surface area contributed by atoms with E-state index in [4.69, 9.17) is 4.74 Å². The number of halogens is 1. The van der Waals surface area contributed by atoms with Crippen LogP contribution in [0.1, 0.15) is 85.9 Å². The molecule has 0 bridgehead atoms. The van der Waals surface area contributed by atoms with Gasteiger partial charge >= 0.3 is 5.97 Å². The smallest absolute Gasteiger partial charge is 0.340 e. The van der Waals surface area contributed by atoms with Crippen molar-refractivity contribution >= 4 is 32.8 Å². The van der Waals surface area contributed by atoms with E-state index < -0.39 is 0 Å². The third kappa shape index (κ3) is 4.01. The maximum absolute atomic E-state index is 13.1. The molecule has 4 rings (SSSR count). The maximum Gasteiger partial charge on any atom is 0.340 e. The molecule has 6 heteroatoms. The highest BCUT2D eigenvalue weighted by molar-refractivity contribution is 9.10. The van der Waals surface area contributed by atoms with Gasteiger partial charge in [-0.3, -0.25) is 4.90 Å². The minimum atomic E-state index is -0.281. The van der Waals surface area contributed by atoms with E-state index in [-0.39, 0.29) is 11.7 Å². The van der Waals surface area contributed by atoms with E-state index in [0.717, 1.165) is 48.1 Å². The van der Waals surface area contributed by atoms with Gasteiger partial charge < -0.3 is 14.4 Å². The quantitative estimate of drug-likeness (QED) is 0.530. The lowest BCUT2D eigenvalue weighted by Crippen LogP contribution is -2.29. The number of benzene rings is 1. The summed E-state index contributed by atoms with van der Waals surface area (Å²) in [4.78, 5) is 15.5. The van der Waals surface area contributed by atoms with Gasteiger partial charge in [-0.25, -0.2) is 4.79 Å². The second-order valence-electron chi connectivity index (χ2n) is 8.76. The maximum atomic E-state index is 13.1. The lowest BCUT2D eigenvalue weighted by molar-refractivity contribution is 0.0527. The van der Waals surface area contributed by atoms with Crippen LogP contribution in [0.2, 0.25) is 0 Å². The Kier molecular flexibility index (Phi) is 6.73. The van der Waals surface area contributed by atoms with Gasteiger partial charge in [-0.2, -0.15) is 0 Å². The molecule has 2 aliphatic rings. The second-order valence-corrected chi connectivity index (χ2v) is 9.61. The Bertz CT molecular complexity index is 925. The molecule has 2 fully saturated rings. The average molecular weight is 477 g/mol. The van der Waals surface area contributed by atoms with Gasteiger partial charge in [0, 0.05) is 29.2 Å². The normalized spacial score (nSPS) is 18.8. The molecule has 1 aromatic carbocycles. The highest BCUT2D eigenvalue weighted by Gasteiger charge is 2.30. The van der Waals surface area contributed by atoms with E-state index in [1.54, 1.807) is 0 Å². The summed E-state index contributed by atoms with van der Waals surface area (Å²) in [5, 5.41) is 11.9. The van der Waals surface area contributed by atoms with Crippen LogP contribution in [0.4, 0.5) is 0 Å². The average Bonchev–Trinajstić information content (AvgIpc) is 3.04. The van der Waals surface area contributed by atoms with Crippen LogP contribution < -0.4 is 0 Å². The number of carbonyl (C=O) groups excluding carboxylic acids is 1. The highest BCUT2D eigenvalue weighted by atomic mass is 79.9. The summed E-state index contributed by atoms with van der Waals surface area (Å²) in [6, 6.07) is 2.39. The van der Waals surface area contributed by atoms with Crippen molar-refractivity contribution in [3.05, 3.63) is 27.4 Å². The fraction of sp³-hybridized carbons (Fsp3) is 0.625. The molecule has 1 N–H and O–H groups in total. The van der Waals surface area contributed by atoms with Crippen LogP contribution in [0.15, 0.2) is 10.5 Å². The van der Waals surface area contributed by atoms with Crippen LogP contribution in [0.3, 0.4) is 0 Å². The zero-order chi connectivity index (χ0) is 21.3. The monoisotopic (exact) mass is 476 g/mol. The minimum Gasteiger partial charge on any atom is -0.506 e.